The fourth-order valence-electron chi connectivity index (χ4n) is 1.55. The van der Waals surface area contributed by atoms with E-state index in [4.69, 9.17) is 16.3 Å². The van der Waals surface area contributed by atoms with Crippen LogP contribution in [0.25, 0.3) is 0 Å². The molecule has 0 spiro atoms. The molecule has 1 N–H and O–H groups in total. The summed E-state index contributed by atoms with van der Waals surface area (Å²) in [6.07, 6.45) is 0.521. The lowest BCUT2D eigenvalue weighted by atomic mass is 10.2. The molecule has 5 nitrogen and oxygen atoms in total. The van der Waals surface area contributed by atoms with Crippen molar-refractivity contribution in [1.82, 2.24) is 4.98 Å². The Morgan fingerprint density at radius 1 is 1.33 bits per heavy atom. The van der Waals surface area contributed by atoms with E-state index < -0.39 is 0 Å². The number of hydrogen-bond acceptors (Lipinski definition) is 5. The van der Waals surface area contributed by atoms with Crippen LogP contribution < -0.4 is 5.32 Å². The smallest absolute Gasteiger partial charge is 0.302 e. The van der Waals surface area contributed by atoms with Crippen molar-refractivity contribution in [2.75, 3.05) is 11.9 Å². The average Bonchev–Trinajstić information content (AvgIpc) is 2.86. The summed E-state index contributed by atoms with van der Waals surface area (Å²) < 4.78 is 4.84. The Labute approximate surface area is 130 Å². The fourth-order valence-corrected chi connectivity index (χ4v) is 2.41. The summed E-state index contributed by atoms with van der Waals surface area (Å²) in [5.41, 5.74) is 1.28. The molecule has 7 heteroatoms. The molecule has 21 heavy (non-hydrogen) atoms. The minimum absolute atomic E-state index is 0.243. The zero-order valence-corrected chi connectivity index (χ0v) is 12.8. The van der Waals surface area contributed by atoms with Crippen LogP contribution in [0.15, 0.2) is 29.6 Å². The Morgan fingerprint density at radius 3 is 2.71 bits per heavy atom. The highest BCUT2D eigenvalue weighted by molar-refractivity contribution is 7.13. The van der Waals surface area contributed by atoms with E-state index in [9.17, 15) is 9.59 Å². The number of carbonyl (C=O) groups excluding carboxylic acids is 2. The van der Waals surface area contributed by atoms with Gasteiger partial charge < -0.3 is 4.74 Å². The van der Waals surface area contributed by atoms with Gasteiger partial charge in [0.2, 0.25) is 0 Å². The molecule has 0 radical (unpaired) electrons. The van der Waals surface area contributed by atoms with E-state index in [0.29, 0.717) is 22.1 Å². The van der Waals surface area contributed by atoms with Gasteiger partial charge in [-0.2, -0.15) is 0 Å². The predicted molar refractivity (Wildman–Crippen MR) is 81.9 cm³/mol. The van der Waals surface area contributed by atoms with Crippen LogP contribution >= 0.6 is 22.9 Å². The topological polar surface area (TPSA) is 68.3 Å². The second-order valence-corrected chi connectivity index (χ2v) is 5.49. The normalized spacial score (nSPS) is 10.2. The van der Waals surface area contributed by atoms with E-state index in [-0.39, 0.29) is 18.5 Å². The number of thiazole rings is 1. The van der Waals surface area contributed by atoms with Crippen LogP contribution in [0, 0.1) is 0 Å². The Morgan fingerprint density at radius 2 is 2.05 bits per heavy atom. The van der Waals surface area contributed by atoms with Crippen LogP contribution in [0.2, 0.25) is 5.02 Å². The summed E-state index contributed by atoms with van der Waals surface area (Å²) in [6, 6.07) is 6.60. The molecule has 0 aliphatic rings. The van der Waals surface area contributed by atoms with Gasteiger partial charge in [-0.1, -0.05) is 11.6 Å². The molecule has 110 valence electrons. The summed E-state index contributed by atoms with van der Waals surface area (Å²) in [4.78, 5) is 26.9. The molecule has 0 bridgehead atoms. The number of halogens is 1. The zero-order chi connectivity index (χ0) is 15.2. The molecule has 2 aromatic rings. The van der Waals surface area contributed by atoms with Gasteiger partial charge in [0.05, 0.1) is 12.3 Å². The Hall–Kier alpha value is -1.92. The van der Waals surface area contributed by atoms with E-state index in [1.54, 1.807) is 24.3 Å². The number of ether oxygens (including phenoxy) is 1. The van der Waals surface area contributed by atoms with Gasteiger partial charge in [-0.15, -0.1) is 11.3 Å². The van der Waals surface area contributed by atoms with Crippen LogP contribution in [0.4, 0.5) is 5.13 Å². The molecule has 1 aromatic heterocycles. The molecule has 0 fully saturated rings. The maximum Gasteiger partial charge on any atom is 0.302 e. The quantitative estimate of drug-likeness (QED) is 0.858. The lowest BCUT2D eigenvalue weighted by Crippen LogP contribution is -2.11. The summed E-state index contributed by atoms with van der Waals surface area (Å²) in [6.45, 7) is 1.64. The van der Waals surface area contributed by atoms with Crippen molar-refractivity contribution in [3.05, 3.63) is 45.9 Å². The van der Waals surface area contributed by atoms with Gasteiger partial charge in [-0.25, -0.2) is 4.98 Å². The van der Waals surface area contributed by atoms with Crippen molar-refractivity contribution in [2.24, 2.45) is 0 Å². The van der Waals surface area contributed by atoms with E-state index in [0.717, 1.165) is 5.69 Å². The second kappa shape index (κ2) is 7.19. The maximum atomic E-state index is 12.0. The van der Waals surface area contributed by atoms with Gasteiger partial charge in [0, 0.05) is 29.3 Å². The van der Waals surface area contributed by atoms with Crippen molar-refractivity contribution < 1.29 is 14.3 Å². The Kier molecular flexibility index (Phi) is 5.30. The first-order valence-electron chi connectivity index (χ1n) is 6.19. The molecule has 0 unspecified atom stereocenters. The van der Waals surface area contributed by atoms with Crippen LogP contribution in [0.5, 0.6) is 0 Å². The van der Waals surface area contributed by atoms with E-state index in [1.165, 1.54) is 18.3 Å². The minimum atomic E-state index is -0.318. The number of carbonyl (C=O) groups is 2. The highest BCUT2D eigenvalue weighted by Gasteiger charge is 2.09. The number of hydrogen-bond donors (Lipinski definition) is 1. The molecule has 2 rings (SSSR count). The maximum absolute atomic E-state index is 12.0. The highest BCUT2D eigenvalue weighted by Crippen LogP contribution is 2.17. The van der Waals surface area contributed by atoms with Gasteiger partial charge >= 0.3 is 5.97 Å². The number of benzene rings is 1. The number of rotatable bonds is 5. The van der Waals surface area contributed by atoms with E-state index in [2.05, 4.69) is 10.3 Å². The number of aromatic nitrogens is 1. The third-order valence-electron chi connectivity index (χ3n) is 2.54. The number of nitrogens with zero attached hydrogens (tertiary/aromatic N) is 1. The SMILES string of the molecule is CC(=O)OCCc1csc(NC(=O)c2ccc(Cl)cc2)n1. The minimum Gasteiger partial charge on any atom is -0.465 e. The van der Waals surface area contributed by atoms with Crippen molar-refractivity contribution in [2.45, 2.75) is 13.3 Å². The third kappa shape index (κ3) is 4.84. The molecule has 1 amide bonds. The molecule has 1 aromatic carbocycles. The first-order chi connectivity index (χ1) is 10.0. The Bertz CT molecular complexity index is 640. The molecule has 0 saturated carbocycles. The van der Waals surface area contributed by atoms with E-state index >= 15 is 0 Å². The van der Waals surface area contributed by atoms with Crippen LogP contribution in [-0.4, -0.2) is 23.5 Å². The van der Waals surface area contributed by atoms with Crippen molar-refractivity contribution in [3.63, 3.8) is 0 Å². The van der Waals surface area contributed by atoms with Gasteiger partial charge in [0.15, 0.2) is 5.13 Å². The van der Waals surface area contributed by atoms with Crippen LogP contribution in [0.1, 0.15) is 23.0 Å². The van der Waals surface area contributed by atoms with Crippen molar-refractivity contribution in [1.29, 1.82) is 0 Å². The van der Waals surface area contributed by atoms with Crippen molar-refractivity contribution >= 4 is 39.9 Å². The van der Waals surface area contributed by atoms with Crippen LogP contribution in [-0.2, 0) is 16.0 Å². The highest BCUT2D eigenvalue weighted by atomic mass is 35.5. The standard InChI is InChI=1S/C14H13ClN2O3S/c1-9(18)20-7-6-12-8-21-14(16-12)17-13(19)10-2-4-11(15)5-3-10/h2-5,8H,6-7H2,1H3,(H,16,17,19). The van der Waals surface area contributed by atoms with Gasteiger partial charge in [0.25, 0.3) is 5.91 Å². The summed E-state index contributed by atoms with van der Waals surface area (Å²) in [5, 5.41) is 5.62. The van der Waals surface area contributed by atoms with Crippen molar-refractivity contribution in [3.8, 4) is 0 Å². The number of esters is 1. The summed E-state index contributed by atoms with van der Waals surface area (Å²) in [5.74, 6) is -0.561. The summed E-state index contributed by atoms with van der Waals surface area (Å²) in [7, 11) is 0. The molecule has 0 atom stereocenters. The second-order valence-electron chi connectivity index (χ2n) is 4.20. The zero-order valence-electron chi connectivity index (χ0n) is 11.3. The van der Waals surface area contributed by atoms with Gasteiger partial charge in [-0.3, -0.25) is 14.9 Å². The molecular formula is C14H13ClN2O3S. The fraction of sp³-hybridized carbons (Fsp3) is 0.214. The predicted octanol–water partition coefficient (Wildman–Crippen LogP) is 3.15. The van der Waals surface area contributed by atoms with Gasteiger partial charge in [0.1, 0.15) is 0 Å². The number of nitrogens with one attached hydrogen (secondary N) is 1. The summed E-state index contributed by atoms with van der Waals surface area (Å²) >= 11 is 7.10. The Balaban J connectivity index is 1.91. The average molecular weight is 325 g/mol. The monoisotopic (exact) mass is 324 g/mol. The lowest BCUT2D eigenvalue weighted by Gasteiger charge is -2.01. The first kappa shape index (κ1) is 15.5. The van der Waals surface area contributed by atoms with Gasteiger partial charge in [-0.05, 0) is 24.3 Å². The first-order valence-corrected chi connectivity index (χ1v) is 7.45. The molecule has 0 aliphatic heterocycles. The van der Waals surface area contributed by atoms with Crippen LogP contribution in [0.3, 0.4) is 0 Å². The molecule has 1 heterocycles. The lowest BCUT2D eigenvalue weighted by molar-refractivity contribution is -0.140. The molecule has 0 aliphatic carbocycles. The third-order valence-corrected chi connectivity index (χ3v) is 3.60. The molecule has 0 saturated heterocycles. The largest absolute Gasteiger partial charge is 0.465 e. The number of amides is 1. The number of anilines is 1. The molecular weight excluding hydrogens is 312 g/mol. The van der Waals surface area contributed by atoms with E-state index in [1.807, 2.05) is 5.38 Å².